The van der Waals surface area contributed by atoms with Crippen molar-refractivity contribution >= 4 is 17.4 Å². The Labute approximate surface area is 98.8 Å². The third-order valence-corrected chi connectivity index (χ3v) is 3.38. The van der Waals surface area contributed by atoms with Gasteiger partial charge in [0.2, 0.25) is 0 Å². The first-order valence-electron chi connectivity index (χ1n) is 5.33. The van der Waals surface area contributed by atoms with Crippen LogP contribution >= 0.6 is 11.6 Å². The lowest BCUT2D eigenvalue weighted by atomic mass is 10.1. The molecule has 3 rings (SSSR count). The standard InChI is InChI=1S/C12H12ClN3/c13-9-2-3-10-8(7-9)1-4-11(10)16-12(14)5-6-15-16/h2-3,5-7,11H,1,4,14H2. The predicted molar refractivity (Wildman–Crippen MR) is 64.6 cm³/mol. The molecule has 2 N–H and O–H groups in total. The van der Waals surface area contributed by atoms with Crippen molar-refractivity contribution in [1.29, 1.82) is 0 Å². The van der Waals surface area contributed by atoms with Gasteiger partial charge in [-0.05, 0) is 42.2 Å². The molecule has 0 radical (unpaired) electrons. The molecule has 1 aromatic heterocycles. The van der Waals surface area contributed by atoms with E-state index in [1.807, 2.05) is 22.9 Å². The van der Waals surface area contributed by atoms with Gasteiger partial charge in [-0.15, -0.1) is 0 Å². The lowest BCUT2D eigenvalue weighted by Crippen LogP contribution is -2.11. The van der Waals surface area contributed by atoms with E-state index >= 15 is 0 Å². The highest BCUT2D eigenvalue weighted by Gasteiger charge is 2.25. The van der Waals surface area contributed by atoms with E-state index in [-0.39, 0.29) is 6.04 Å². The summed E-state index contributed by atoms with van der Waals surface area (Å²) in [7, 11) is 0. The molecule has 0 saturated heterocycles. The van der Waals surface area contributed by atoms with Crippen LogP contribution < -0.4 is 5.73 Å². The summed E-state index contributed by atoms with van der Waals surface area (Å²) in [6.45, 7) is 0. The number of benzene rings is 1. The molecule has 1 aliphatic rings. The van der Waals surface area contributed by atoms with Gasteiger partial charge in [0.25, 0.3) is 0 Å². The minimum Gasteiger partial charge on any atom is -0.384 e. The molecule has 0 aliphatic heterocycles. The lowest BCUT2D eigenvalue weighted by Gasteiger charge is -2.13. The number of aryl methyl sites for hydroxylation is 1. The fourth-order valence-electron chi connectivity index (χ4n) is 2.40. The Morgan fingerprint density at radius 1 is 1.38 bits per heavy atom. The maximum atomic E-state index is 5.98. The smallest absolute Gasteiger partial charge is 0.122 e. The van der Waals surface area contributed by atoms with E-state index in [9.17, 15) is 0 Å². The van der Waals surface area contributed by atoms with Crippen molar-refractivity contribution in [1.82, 2.24) is 9.78 Å². The van der Waals surface area contributed by atoms with Crippen LogP contribution in [-0.4, -0.2) is 9.78 Å². The first kappa shape index (κ1) is 9.73. The summed E-state index contributed by atoms with van der Waals surface area (Å²) in [4.78, 5) is 0. The zero-order chi connectivity index (χ0) is 11.1. The Balaban J connectivity index is 2.07. The molecule has 0 bridgehead atoms. The third-order valence-electron chi connectivity index (χ3n) is 3.15. The molecular weight excluding hydrogens is 222 g/mol. The van der Waals surface area contributed by atoms with Gasteiger partial charge in [-0.25, -0.2) is 4.68 Å². The molecule has 0 amide bonds. The average molecular weight is 234 g/mol. The van der Waals surface area contributed by atoms with Crippen molar-refractivity contribution in [3.63, 3.8) is 0 Å². The van der Waals surface area contributed by atoms with E-state index in [0.717, 1.165) is 17.9 Å². The Hall–Kier alpha value is -1.48. The van der Waals surface area contributed by atoms with E-state index < -0.39 is 0 Å². The largest absolute Gasteiger partial charge is 0.384 e. The summed E-state index contributed by atoms with van der Waals surface area (Å²) in [5.74, 6) is 0.716. The Bertz CT molecular complexity index is 533. The van der Waals surface area contributed by atoms with Gasteiger partial charge in [-0.2, -0.15) is 5.10 Å². The zero-order valence-corrected chi connectivity index (χ0v) is 9.48. The third kappa shape index (κ3) is 1.39. The van der Waals surface area contributed by atoms with Gasteiger partial charge in [0, 0.05) is 5.02 Å². The molecule has 1 aromatic carbocycles. The molecule has 82 valence electrons. The zero-order valence-electron chi connectivity index (χ0n) is 8.73. The number of fused-ring (bicyclic) bond motifs is 1. The summed E-state index contributed by atoms with van der Waals surface area (Å²) < 4.78 is 1.89. The molecule has 1 heterocycles. The van der Waals surface area contributed by atoms with E-state index in [1.54, 1.807) is 6.20 Å². The van der Waals surface area contributed by atoms with Gasteiger partial charge in [-0.1, -0.05) is 17.7 Å². The molecule has 16 heavy (non-hydrogen) atoms. The molecule has 2 aromatic rings. The molecular formula is C12H12ClN3. The Morgan fingerprint density at radius 3 is 3.00 bits per heavy atom. The molecule has 1 atom stereocenters. The van der Waals surface area contributed by atoms with Gasteiger partial charge in [0.1, 0.15) is 5.82 Å². The van der Waals surface area contributed by atoms with E-state index in [4.69, 9.17) is 17.3 Å². The molecule has 1 unspecified atom stereocenters. The molecule has 0 saturated carbocycles. The number of anilines is 1. The highest BCUT2D eigenvalue weighted by Crippen LogP contribution is 2.36. The van der Waals surface area contributed by atoms with Crippen LogP contribution in [0, 0.1) is 0 Å². The van der Waals surface area contributed by atoms with Gasteiger partial charge >= 0.3 is 0 Å². The normalized spacial score (nSPS) is 18.7. The Kier molecular flexibility index (Phi) is 2.14. The second-order valence-corrected chi connectivity index (χ2v) is 4.53. The van der Waals surface area contributed by atoms with Crippen LogP contribution in [0.4, 0.5) is 5.82 Å². The summed E-state index contributed by atoms with van der Waals surface area (Å²) in [5.41, 5.74) is 8.49. The number of nitrogen functional groups attached to an aromatic ring is 1. The lowest BCUT2D eigenvalue weighted by molar-refractivity contribution is 0.528. The summed E-state index contributed by atoms with van der Waals surface area (Å²) in [6.07, 6.45) is 3.82. The fraction of sp³-hybridized carbons (Fsp3) is 0.250. The van der Waals surface area contributed by atoms with Crippen LogP contribution in [0.1, 0.15) is 23.6 Å². The minimum atomic E-state index is 0.266. The van der Waals surface area contributed by atoms with Crippen molar-refractivity contribution < 1.29 is 0 Å². The van der Waals surface area contributed by atoms with E-state index in [0.29, 0.717) is 5.82 Å². The SMILES string of the molecule is Nc1ccnn1C1CCc2cc(Cl)ccc21. The second kappa shape index (κ2) is 3.52. The Morgan fingerprint density at radius 2 is 2.25 bits per heavy atom. The quantitative estimate of drug-likeness (QED) is 0.823. The minimum absolute atomic E-state index is 0.266. The van der Waals surface area contributed by atoms with Crippen LogP contribution in [0.2, 0.25) is 5.02 Å². The number of nitrogens with zero attached hydrogens (tertiary/aromatic N) is 2. The highest BCUT2D eigenvalue weighted by atomic mass is 35.5. The number of rotatable bonds is 1. The average Bonchev–Trinajstić information content (AvgIpc) is 2.83. The number of nitrogens with two attached hydrogens (primary N) is 1. The van der Waals surface area contributed by atoms with Crippen LogP contribution in [0.25, 0.3) is 0 Å². The molecule has 4 heteroatoms. The number of halogens is 1. The van der Waals surface area contributed by atoms with Crippen LogP contribution in [0.15, 0.2) is 30.5 Å². The van der Waals surface area contributed by atoms with E-state index in [1.165, 1.54) is 11.1 Å². The van der Waals surface area contributed by atoms with Crippen molar-refractivity contribution in [2.75, 3.05) is 5.73 Å². The first-order valence-corrected chi connectivity index (χ1v) is 5.71. The van der Waals surface area contributed by atoms with Gasteiger partial charge in [0.05, 0.1) is 12.2 Å². The van der Waals surface area contributed by atoms with Gasteiger partial charge in [0.15, 0.2) is 0 Å². The monoisotopic (exact) mass is 233 g/mol. The summed E-state index contributed by atoms with van der Waals surface area (Å²) in [5, 5.41) is 5.08. The first-order chi connectivity index (χ1) is 7.75. The summed E-state index contributed by atoms with van der Waals surface area (Å²) >= 11 is 5.98. The van der Waals surface area contributed by atoms with Crippen LogP contribution in [-0.2, 0) is 6.42 Å². The second-order valence-electron chi connectivity index (χ2n) is 4.10. The van der Waals surface area contributed by atoms with Crippen LogP contribution in [0.3, 0.4) is 0 Å². The maximum absolute atomic E-state index is 5.98. The number of aromatic nitrogens is 2. The number of hydrogen-bond donors (Lipinski definition) is 1. The van der Waals surface area contributed by atoms with Crippen molar-refractivity contribution in [2.24, 2.45) is 0 Å². The number of hydrogen-bond acceptors (Lipinski definition) is 2. The highest BCUT2D eigenvalue weighted by molar-refractivity contribution is 6.30. The molecule has 0 fully saturated rings. The van der Waals surface area contributed by atoms with Crippen molar-refractivity contribution in [2.45, 2.75) is 18.9 Å². The molecule has 0 spiro atoms. The molecule has 1 aliphatic carbocycles. The van der Waals surface area contributed by atoms with Crippen LogP contribution in [0.5, 0.6) is 0 Å². The topological polar surface area (TPSA) is 43.8 Å². The van der Waals surface area contributed by atoms with E-state index in [2.05, 4.69) is 11.2 Å². The van der Waals surface area contributed by atoms with Gasteiger partial charge in [-0.3, -0.25) is 0 Å². The molecule has 3 nitrogen and oxygen atoms in total. The van der Waals surface area contributed by atoms with Crippen molar-refractivity contribution in [3.8, 4) is 0 Å². The maximum Gasteiger partial charge on any atom is 0.122 e. The fourth-order valence-corrected chi connectivity index (χ4v) is 2.60. The summed E-state index contributed by atoms with van der Waals surface area (Å²) in [6, 6.07) is 8.14. The van der Waals surface area contributed by atoms with Gasteiger partial charge < -0.3 is 5.73 Å². The van der Waals surface area contributed by atoms with Crippen molar-refractivity contribution in [3.05, 3.63) is 46.6 Å². The predicted octanol–water partition coefficient (Wildman–Crippen LogP) is 2.65.